The van der Waals surface area contributed by atoms with Crippen LogP contribution in [0.25, 0.3) is 0 Å². The highest BCUT2D eigenvalue weighted by Crippen LogP contribution is 2.30. The third kappa shape index (κ3) is 3.87. The van der Waals surface area contributed by atoms with Crippen LogP contribution in [0.1, 0.15) is 45.2 Å². The standard InChI is InChI=1S/C21H22O5/c1-13-5-6-14(2)17(11-13)20(22)15(3)26-21(23)16-7-8-18-19(12-16)25-10-4-9-24-18/h5-8,11-12,15H,4,9-10H2,1-3H3/t15-/m0/s1. The minimum absolute atomic E-state index is 0.214. The molecule has 5 nitrogen and oxygen atoms in total. The molecule has 5 heteroatoms. The van der Waals surface area contributed by atoms with Crippen LogP contribution in [0, 0.1) is 13.8 Å². The Morgan fingerprint density at radius 2 is 1.73 bits per heavy atom. The van der Waals surface area contributed by atoms with Crippen molar-refractivity contribution in [2.75, 3.05) is 13.2 Å². The quantitative estimate of drug-likeness (QED) is 0.616. The summed E-state index contributed by atoms with van der Waals surface area (Å²) in [6.07, 6.45) is -0.0884. The van der Waals surface area contributed by atoms with Crippen molar-refractivity contribution < 1.29 is 23.8 Å². The van der Waals surface area contributed by atoms with Gasteiger partial charge in [0.25, 0.3) is 0 Å². The lowest BCUT2D eigenvalue weighted by molar-refractivity contribution is 0.0318. The Bertz CT molecular complexity index is 840. The molecule has 0 aromatic heterocycles. The van der Waals surface area contributed by atoms with Crippen LogP contribution >= 0.6 is 0 Å². The van der Waals surface area contributed by atoms with Crippen molar-refractivity contribution in [3.63, 3.8) is 0 Å². The fourth-order valence-electron chi connectivity index (χ4n) is 2.79. The monoisotopic (exact) mass is 354 g/mol. The normalized spacial score (nSPS) is 14.3. The van der Waals surface area contributed by atoms with E-state index in [-0.39, 0.29) is 5.78 Å². The molecule has 0 N–H and O–H groups in total. The van der Waals surface area contributed by atoms with Gasteiger partial charge in [-0.25, -0.2) is 4.79 Å². The maximum absolute atomic E-state index is 12.6. The topological polar surface area (TPSA) is 61.8 Å². The van der Waals surface area contributed by atoms with Gasteiger partial charge in [0.15, 0.2) is 17.6 Å². The van der Waals surface area contributed by atoms with Gasteiger partial charge in [0.1, 0.15) is 0 Å². The molecule has 136 valence electrons. The van der Waals surface area contributed by atoms with Crippen molar-refractivity contribution in [3.8, 4) is 11.5 Å². The number of fused-ring (bicyclic) bond motifs is 1. The summed E-state index contributed by atoms with van der Waals surface area (Å²) < 4.78 is 16.5. The number of esters is 1. The second kappa shape index (κ2) is 7.60. The zero-order valence-corrected chi connectivity index (χ0v) is 15.2. The summed E-state index contributed by atoms with van der Waals surface area (Å²) in [7, 11) is 0. The molecule has 0 aliphatic carbocycles. The number of rotatable bonds is 4. The van der Waals surface area contributed by atoms with Gasteiger partial charge in [0.2, 0.25) is 5.78 Å². The van der Waals surface area contributed by atoms with Gasteiger partial charge in [0, 0.05) is 12.0 Å². The first-order valence-corrected chi connectivity index (χ1v) is 8.68. The van der Waals surface area contributed by atoms with Crippen LogP contribution in [-0.4, -0.2) is 31.1 Å². The molecule has 0 saturated carbocycles. The third-order valence-corrected chi connectivity index (χ3v) is 4.29. The second-order valence-corrected chi connectivity index (χ2v) is 6.44. The molecule has 1 atom stereocenters. The van der Waals surface area contributed by atoms with Gasteiger partial charge in [-0.1, -0.05) is 17.7 Å². The molecule has 0 unspecified atom stereocenters. The number of Topliss-reactive ketones (excluding diaryl/α,β-unsaturated/α-hetero) is 1. The molecule has 2 aromatic rings. The van der Waals surface area contributed by atoms with E-state index in [2.05, 4.69) is 0 Å². The molecule has 0 bridgehead atoms. The van der Waals surface area contributed by atoms with Crippen LogP contribution in [0.4, 0.5) is 0 Å². The van der Waals surface area contributed by atoms with Crippen LogP contribution in [-0.2, 0) is 4.74 Å². The number of benzene rings is 2. The highest BCUT2D eigenvalue weighted by molar-refractivity contribution is 6.02. The number of ether oxygens (including phenoxy) is 3. The van der Waals surface area contributed by atoms with Gasteiger partial charge in [-0.2, -0.15) is 0 Å². The third-order valence-electron chi connectivity index (χ3n) is 4.29. The van der Waals surface area contributed by atoms with Gasteiger partial charge < -0.3 is 14.2 Å². The van der Waals surface area contributed by atoms with Gasteiger partial charge in [-0.05, 0) is 50.6 Å². The zero-order chi connectivity index (χ0) is 18.7. The Hall–Kier alpha value is -2.82. The second-order valence-electron chi connectivity index (χ2n) is 6.44. The summed E-state index contributed by atoms with van der Waals surface area (Å²) in [5, 5.41) is 0. The first-order valence-electron chi connectivity index (χ1n) is 8.68. The summed E-state index contributed by atoms with van der Waals surface area (Å²) >= 11 is 0. The number of carbonyl (C=O) groups excluding carboxylic acids is 2. The average molecular weight is 354 g/mol. The van der Waals surface area contributed by atoms with Gasteiger partial charge in [-0.3, -0.25) is 4.79 Å². The lowest BCUT2D eigenvalue weighted by Gasteiger charge is -2.15. The van der Waals surface area contributed by atoms with E-state index in [0.29, 0.717) is 35.8 Å². The molecule has 0 radical (unpaired) electrons. The first kappa shape index (κ1) is 18.0. The van der Waals surface area contributed by atoms with Crippen molar-refractivity contribution in [1.82, 2.24) is 0 Å². The minimum atomic E-state index is -0.876. The van der Waals surface area contributed by atoms with Crippen molar-refractivity contribution in [1.29, 1.82) is 0 Å². The summed E-state index contributed by atoms with van der Waals surface area (Å²) in [6, 6.07) is 10.6. The molecule has 0 amide bonds. The average Bonchev–Trinajstić information content (AvgIpc) is 2.87. The first-order chi connectivity index (χ1) is 12.5. The van der Waals surface area contributed by atoms with E-state index in [0.717, 1.165) is 17.5 Å². The van der Waals surface area contributed by atoms with Crippen LogP contribution in [0.15, 0.2) is 36.4 Å². The molecule has 2 aromatic carbocycles. The summed E-state index contributed by atoms with van der Waals surface area (Å²) in [4.78, 5) is 25.1. The molecule has 3 rings (SSSR count). The van der Waals surface area contributed by atoms with E-state index in [4.69, 9.17) is 14.2 Å². The van der Waals surface area contributed by atoms with Crippen molar-refractivity contribution >= 4 is 11.8 Å². The number of hydrogen-bond donors (Lipinski definition) is 0. The summed E-state index contributed by atoms with van der Waals surface area (Å²) in [5.41, 5.74) is 2.75. The van der Waals surface area contributed by atoms with Crippen molar-refractivity contribution in [3.05, 3.63) is 58.7 Å². The predicted molar refractivity (Wildman–Crippen MR) is 97.2 cm³/mol. The number of aryl methyl sites for hydroxylation is 2. The molecule has 1 aliphatic heterocycles. The molecule has 0 saturated heterocycles. The molecule has 1 heterocycles. The molecule has 1 aliphatic rings. The van der Waals surface area contributed by atoms with Crippen molar-refractivity contribution in [2.24, 2.45) is 0 Å². The van der Waals surface area contributed by atoms with Crippen LogP contribution in [0.2, 0.25) is 0 Å². The zero-order valence-electron chi connectivity index (χ0n) is 15.2. The Balaban J connectivity index is 1.74. The molecular formula is C21H22O5. The lowest BCUT2D eigenvalue weighted by Crippen LogP contribution is -2.25. The Morgan fingerprint density at radius 3 is 2.50 bits per heavy atom. The molecular weight excluding hydrogens is 332 g/mol. The molecule has 0 spiro atoms. The van der Waals surface area contributed by atoms with E-state index in [1.807, 2.05) is 32.0 Å². The van der Waals surface area contributed by atoms with Crippen LogP contribution in [0.3, 0.4) is 0 Å². The number of hydrogen-bond acceptors (Lipinski definition) is 5. The van der Waals surface area contributed by atoms with E-state index in [1.165, 1.54) is 0 Å². The Labute approximate surface area is 152 Å². The largest absolute Gasteiger partial charge is 0.490 e. The maximum Gasteiger partial charge on any atom is 0.338 e. The Kier molecular flexibility index (Phi) is 5.26. The minimum Gasteiger partial charge on any atom is -0.490 e. The fraction of sp³-hybridized carbons (Fsp3) is 0.333. The van der Waals surface area contributed by atoms with Crippen molar-refractivity contribution in [2.45, 2.75) is 33.3 Å². The smallest absolute Gasteiger partial charge is 0.338 e. The highest BCUT2D eigenvalue weighted by Gasteiger charge is 2.23. The van der Waals surface area contributed by atoms with E-state index >= 15 is 0 Å². The lowest BCUT2D eigenvalue weighted by atomic mass is 9.99. The Morgan fingerprint density at radius 1 is 1.00 bits per heavy atom. The van der Waals surface area contributed by atoms with Crippen LogP contribution < -0.4 is 9.47 Å². The van der Waals surface area contributed by atoms with Gasteiger partial charge >= 0.3 is 5.97 Å². The van der Waals surface area contributed by atoms with Crippen LogP contribution in [0.5, 0.6) is 11.5 Å². The number of ketones is 1. The predicted octanol–water partition coefficient (Wildman–Crippen LogP) is 3.89. The molecule has 0 fully saturated rings. The summed E-state index contributed by atoms with van der Waals surface area (Å²) in [6.45, 7) is 6.49. The fourth-order valence-corrected chi connectivity index (χ4v) is 2.79. The van der Waals surface area contributed by atoms with Gasteiger partial charge in [0.05, 0.1) is 18.8 Å². The highest BCUT2D eigenvalue weighted by atomic mass is 16.5. The van der Waals surface area contributed by atoms with E-state index in [1.54, 1.807) is 25.1 Å². The van der Waals surface area contributed by atoms with E-state index < -0.39 is 12.1 Å². The SMILES string of the molecule is Cc1ccc(C)c(C(=O)[C@H](C)OC(=O)c2ccc3c(c2)OCCCO3)c1. The van der Waals surface area contributed by atoms with E-state index in [9.17, 15) is 9.59 Å². The summed E-state index contributed by atoms with van der Waals surface area (Å²) in [5.74, 6) is 0.352. The molecule has 26 heavy (non-hydrogen) atoms. The maximum atomic E-state index is 12.6. The number of carbonyl (C=O) groups is 2. The van der Waals surface area contributed by atoms with Gasteiger partial charge in [-0.15, -0.1) is 0 Å².